The number of hydrogen-bond donors (Lipinski definition) is 0. The van der Waals surface area contributed by atoms with E-state index in [4.69, 9.17) is 27.7 Å². The molecule has 1 aromatic carbocycles. The minimum absolute atomic E-state index is 0.0813. The molecule has 0 amide bonds. The molecule has 0 atom stereocenters. The Bertz CT molecular complexity index is 993. The summed E-state index contributed by atoms with van der Waals surface area (Å²) >= 11 is 11.9. The van der Waals surface area contributed by atoms with Crippen LogP contribution in [0.15, 0.2) is 52.1 Å². The lowest BCUT2D eigenvalue weighted by atomic mass is 10.3. The van der Waals surface area contributed by atoms with Crippen molar-refractivity contribution < 1.29 is 12.9 Å². The maximum Gasteiger partial charge on any atom is 0.244 e. The minimum Gasteiger partial charge on any atom is -0.338 e. The summed E-state index contributed by atoms with van der Waals surface area (Å²) in [5, 5.41) is 4.18. The first kappa shape index (κ1) is 17.8. The Balaban J connectivity index is 1.83. The van der Waals surface area contributed by atoms with Crippen LogP contribution in [-0.4, -0.2) is 34.9 Å². The summed E-state index contributed by atoms with van der Waals surface area (Å²) in [5.41, 5.74) is 0.667. The molecule has 0 aliphatic heterocycles. The Labute approximate surface area is 154 Å². The van der Waals surface area contributed by atoms with Crippen molar-refractivity contribution >= 4 is 33.2 Å². The van der Waals surface area contributed by atoms with Crippen LogP contribution in [0.25, 0.3) is 11.4 Å². The Kier molecular flexibility index (Phi) is 5.05. The van der Waals surface area contributed by atoms with E-state index in [1.165, 1.54) is 25.2 Å². The highest BCUT2D eigenvalue weighted by Crippen LogP contribution is 2.28. The maximum atomic E-state index is 12.7. The largest absolute Gasteiger partial charge is 0.338 e. The van der Waals surface area contributed by atoms with Crippen LogP contribution in [0.3, 0.4) is 0 Å². The van der Waals surface area contributed by atoms with E-state index in [0.29, 0.717) is 11.4 Å². The van der Waals surface area contributed by atoms with Gasteiger partial charge in [0.25, 0.3) is 0 Å². The third-order valence-electron chi connectivity index (χ3n) is 3.33. The lowest BCUT2D eigenvalue weighted by Crippen LogP contribution is -2.27. The number of halogens is 2. The van der Waals surface area contributed by atoms with Crippen molar-refractivity contribution in [2.24, 2.45) is 0 Å². The Hall–Kier alpha value is -2.00. The van der Waals surface area contributed by atoms with E-state index in [2.05, 4.69) is 15.1 Å². The molecule has 3 aromatic rings. The molecule has 2 aromatic heterocycles. The molecular formula is C15H12Cl2N4O3S. The van der Waals surface area contributed by atoms with Gasteiger partial charge in [0.05, 0.1) is 11.6 Å². The number of sulfonamides is 1. The number of rotatable bonds is 5. The fraction of sp³-hybridized carbons (Fsp3) is 0.133. The second-order valence-electron chi connectivity index (χ2n) is 5.09. The van der Waals surface area contributed by atoms with Gasteiger partial charge >= 0.3 is 0 Å². The summed E-state index contributed by atoms with van der Waals surface area (Å²) in [5.74, 6) is 0.470. The highest BCUT2D eigenvalue weighted by Gasteiger charge is 2.26. The molecule has 0 unspecified atom stereocenters. The third kappa shape index (κ3) is 3.82. The molecule has 0 radical (unpaired) electrons. The van der Waals surface area contributed by atoms with E-state index in [0.717, 1.165) is 4.31 Å². The van der Waals surface area contributed by atoms with Crippen molar-refractivity contribution in [3.05, 3.63) is 58.7 Å². The minimum atomic E-state index is -3.87. The van der Waals surface area contributed by atoms with Gasteiger partial charge in [-0.15, -0.1) is 0 Å². The van der Waals surface area contributed by atoms with Gasteiger partial charge in [0.2, 0.25) is 21.7 Å². The Morgan fingerprint density at radius 2 is 2.04 bits per heavy atom. The van der Waals surface area contributed by atoms with Crippen LogP contribution in [0.5, 0.6) is 0 Å². The van der Waals surface area contributed by atoms with Gasteiger partial charge < -0.3 is 4.52 Å². The van der Waals surface area contributed by atoms with Crippen LogP contribution in [-0.2, 0) is 16.6 Å². The van der Waals surface area contributed by atoms with Crippen molar-refractivity contribution in [3.63, 3.8) is 0 Å². The van der Waals surface area contributed by atoms with Gasteiger partial charge in [-0.25, -0.2) is 8.42 Å². The van der Waals surface area contributed by atoms with Gasteiger partial charge in [0.15, 0.2) is 0 Å². The Morgan fingerprint density at radius 1 is 1.24 bits per heavy atom. The first-order chi connectivity index (χ1) is 11.9. The molecule has 2 heterocycles. The molecule has 0 spiro atoms. The number of hydrogen-bond acceptors (Lipinski definition) is 6. The Morgan fingerprint density at radius 3 is 2.76 bits per heavy atom. The van der Waals surface area contributed by atoms with Gasteiger partial charge in [0.1, 0.15) is 4.90 Å². The van der Waals surface area contributed by atoms with Gasteiger partial charge in [0, 0.05) is 30.0 Å². The van der Waals surface area contributed by atoms with E-state index in [-0.39, 0.29) is 27.4 Å². The van der Waals surface area contributed by atoms with Gasteiger partial charge in [-0.1, -0.05) is 28.4 Å². The summed E-state index contributed by atoms with van der Waals surface area (Å²) in [4.78, 5) is 8.07. The first-order valence-electron chi connectivity index (χ1n) is 7.02. The highest BCUT2D eigenvalue weighted by atomic mass is 35.5. The van der Waals surface area contributed by atoms with Crippen LogP contribution in [0, 0.1) is 0 Å². The smallest absolute Gasteiger partial charge is 0.244 e. The SMILES string of the molecule is CN(Cc1nc(-c2cccnc2)no1)S(=O)(=O)c1cc(Cl)ccc1Cl. The molecule has 0 N–H and O–H groups in total. The predicted molar refractivity (Wildman–Crippen MR) is 92.6 cm³/mol. The zero-order valence-electron chi connectivity index (χ0n) is 12.9. The molecule has 25 heavy (non-hydrogen) atoms. The highest BCUT2D eigenvalue weighted by molar-refractivity contribution is 7.89. The summed E-state index contributed by atoms with van der Waals surface area (Å²) < 4.78 is 31.5. The average Bonchev–Trinajstić information content (AvgIpc) is 3.06. The molecule has 3 rings (SSSR count). The van der Waals surface area contributed by atoms with Crippen molar-refractivity contribution in [2.75, 3.05) is 7.05 Å². The van der Waals surface area contributed by atoms with E-state index < -0.39 is 10.0 Å². The normalized spacial score (nSPS) is 11.8. The topological polar surface area (TPSA) is 89.2 Å². The number of pyridine rings is 1. The molecular weight excluding hydrogens is 387 g/mol. The standard InChI is InChI=1S/C15H12Cl2N4O3S/c1-21(25(22,23)13-7-11(16)4-5-12(13)17)9-14-19-15(20-24-14)10-3-2-6-18-8-10/h2-8H,9H2,1H3. The van der Waals surface area contributed by atoms with Crippen LogP contribution in [0.2, 0.25) is 10.0 Å². The average molecular weight is 399 g/mol. The molecule has 7 nitrogen and oxygen atoms in total. The lowest BCUT2D eigenvalue weighted by Gasteiger charge is -2.16. The zero-order chi connectivity index (χ0) is 18.0. The monoisotopic (exact) mass is 398 g/mol. The van der Waals surface area contributed by atoms with E-state index >= 15 is 0 Å². The molecule has 0 fully saturated rings. The summed E-state index contributed by atoms with van der Waals surface area (Å²) in [7, 11) is -2.48. The first-order valence-corrected chi connectivity index (χ1v) is 9.22. The van der Waals surface area contributed by atoms with Gasteiger partial charge in [-0.2, -0.15) is 9.29 Å². The summed E-state index contributed by atoms with van der Waals surface area (Å²) in [6.45, 7) is -0.113. The fourth-order valence-electron chi connectivity index (χ4n) is 2.05. The molecule has 0 saturated carbocycles. The molecule has 130 valence electrons. The molecule has 0 aliphatic rings. The van der Waals surface area contributed by atoms with Gasteiger partial charge in [-0.3, -0.25) is 4.98 Å². The molecule has 10 heteroatoms. The van der Waals surface area contributed by atoms with Crippen molar-refractivity contribution in [1.29, 1.82) is 0 Å². The number of aromatic nitrogens is 3. The fourth-order valence-corrected chi connectivity index (χ4v) is 3.90. The van der Waals surface area contributed by atoms with Crippen molar-refractivity contribution in [1.82, 2.24) is 19.4 Å². The third-order valence-corrected chi connectivity index (χ3v) is 5.85. The second kappa shape index (κ2) is 7.09. The van der Waals surface area contributed by atoms with Crippen LogP contribution in [0.1, 0.15) is 5.89 Å². The maximum absolute atomic E-state index is 12.7. The molecule has 0 bridgehead atoms. The van der Waals surface area contributed by atoms with E-state index in [1.807, 2.05) is 0 Å². The van der Waals surface area contributed by atoms with Crippen molar-refractivity contribution in [2.45, 2.75) is 11.4 Å². The molecule has 0 aliphatic carbocycles. The van der Waals surface area contributed by atoms with Crippen LogP contribution in [0.4, 0.5) is 0 Å². The number of benzene rings is 1. The quantitative estimate of drug-likeness (QED) is 0.654. The van der Waals surface area contributed by atoms with Gasteiger partial charge in [-0.05, 0) is 30.3 Å². The van der Waals surface area contributed by atoms with Crippen LogP contribution >= 0.6 is 23.2 Å². The van der Waals surface area contributed by atoms with E-state index in [1.54, 1.807) is 24.5 Å². The lowest BCUT2D eigenvalue weighted by molar-refractivity contribution is 0.337. The molecule has 0 saturated heterocycles. The van der Waals surface area contributed by atoms with E-state index in [9.17, 15) is 8.42 Å². The zero-order valence-corrected chi connectivity index (χ0v) is 15.3. The van der Waals surface area contributed by atoms with Crippen molar-refractivity contribution in [3.8, 4) is 11.4 Å². The van der Waals surface area contributed by atoms with Crippen LogP contribution < -0.4 is 0 Å². The summed E-state index contributed by atoms with van der Waals surface area (Å²) in [6.07, 6.45) is 3.21. The summed E-state index contributed by atoms with van der Waals surface area (Å²) in [6, 6.07) is 7.75. The second-order valence-corrected chi connectivity index (χ2v) is 7.95. The predicted octanol–water partition coefficient (Wildman–Crippen LogP) is 3.26. The number of nitrogens with zero attached hydrogens (tertiary/aromatic N) is 4.